The fourth-order valence-electron chi connectivity index (χ4n) is 2.56. The molecule has 1 aliphatic heterocycles. The molecule has 118 valence electrons. The van der Waals surface area contributed by atoms with Crippen molar-refractivity contribution in [3.63, 3.8) is 0 Å². The highest BCUT2D eigenvalue weighted by molar-refractivity contribution is 7.88. The molecule has 7 heteroatoms. The third-order valence-corrected chi connectivity index (χ3v) is 5.60. The number of nitrogens with one attached hydrogen (secondary N) is 1. The van der Waals surface area contributed by atoms with Crippen molar-refractivity contribution < 1.29 is 12.6 Å². The predicted molar refractivity (Wildman–Crippen MR) is 85.2 cm³/mol. The van der Waals surface area contributed by atoms with Gasteiger partial charge in [0, 0.05) is 29.8 Å². The summed E-state index contributed by atoms with van der Waals surface area (Å²) in [7, 11) is -4.15. The minimum Gasteiger partial charge on any atom is -0.301 e. The molecular formula is C14H22N2O3S2. The van der Waals surface area contributed by atoms with Crippen LogP contribution in [0.4, 0.5) is 0 Å². The van der Waals surface area contributed by atoms with Gasteiger partial charge in [-0.05, 0) is 31.5 Å². The molecule has 0 radical (unpaired) electrons. The van der Waals surface area contributed by atoms with E-state index in [1.54, 1.807) is 0 Å². The quantitative estimate of drug-likeness (QED) is 0.838. The van der Waals surface area contributed by atoms with Crippen molar-refractivity contribution in [2.75, 3.05) is 31.6 Å². The van der Waals surface area contributed by atoms with Crippen LogP contribution in [0.2, 0.25) is 0 Å². The van der Waals surface area contributed by atoms with Crippen molar-refractivity contribution in [1.82, 2.24) is 9.62 Å². The van der Waals surface area contributed by atoms with E-state index >= 15 is 0 Å². The second-order valence-electron chi connectivity index (χ2n) is 5.39. The van der Waals surface area contributed by atoms with E-state index in [-0.39, 0.29) is 6.04 Å². The van der Waals surface area contributed by atoms with Crippen LogP contribution in [0.15, 0.2) is 35.2 Å². The Balaban J connectivity index is 1.82. The molecule has 0 amide bonds. The van der Waals surface area contributed by atoms with E-state index in [0.717, 1.165) is 30.8 Å². The Morgan fingerprint density at radius 1 is 1.33 bits per heavy atom. The Hall–Kier alpha value is -0.760. The van der Waals surface area contributed by atoms with Crippen LogP contribution in [0.1, 0.15) is 12.8 Å². The Labute approximate surface area is 129 Å². The van der Waals surface area contributed by atoms with Crippen molar-refractivity contribution in [1.29, 1.82) is 0 Å². The third-order valence-electron chi connectivity index (χ3n) is 3.49. The van der Waals surface area contributed by atoms with E-state index in [0.29, 0.717) is 12.3 Å². The minimum atomic E-state index is -3.16. The maximum Gasteiger partial charge on any atom is 0.208 e. The summed E-state index contributed by atoms with van der Waals surface area (Å²) in [4.78, 5) is 3.04. The molecule has 1 saturated heterocycles. The van der Waals surface area contributed by atoms with Gasteiger partial charge in [0.25, 0.3) is 0 Å². The number of hydrogen-bond donors (Lipinski definition) is 1. The predicted octanol–water partition coefficient (Wildman–Crippen LogP) is 0.808. The van der Waals surface area contributed by atoms with Crippen molar-refractivity contribution in [2.45, 2.75) is 23.8 Å². The van der Waals surface area contributed by atoms with Gasteiger partial charge >= 0.3 is 0 Å². The fraction of sp³-hybridized carbons (Fsp3) is 0.571. The van der Waals surface area contributed by atoms with Crippen molar-refractivity contribution in [2.24, 2.45) is 0 Å². The number of benzene rings is 1. The normalized spacial score (nSPS) is 22.0. The molecule has 0 aromatic heterocycles. The molecule has 0 saturated carbocycles. The lowest BCUT2D eigenvalue weighted by Gasteiger charge is -2.32. The average Bonchev–Trinajstić information content (AvgIpc) is 2.44. The van der Waals surface area contributed by atoms with Gasteiger partial charge in [-0.25, -0.2) is 13.1 Å². The first-order valence-electron chi connectivity index (χ1n) is 7.07. The smallest absolute Gasteiger partial charge is 0.208 e. The van der Waals surface area contributed by atoms with Gasteiger partial charge in [0.1, 0.15) is 0 Å². The van der Waals surface area contributed by atoms with Gasteiger partial charge in [0.15, 0.2) is 0 Å². The summed E-state index contributed by atoms with van der Waals surface area (Å²) in [6.07, 6.45) is 3.02. The molecule has 1 aliphatic rings. The molecule has 5 nitrogen and oxygen atoms in total. The zero-order chi connectivity index (χ0) is 15.3. The summed E-state index contributed by atoms with van der Waals surface area (Å²) in [5.74, 6) is 0.579. The zero-order valence-electron chi connectivity index (χ0n) is 12.2. The zero-order valence-corrected chi connectivity index (χ0v) is 13.8. The SMILES string of the molecule is CS(=O)(=O)N[C@H]1CCCN(CC[S@@](=O)c2ccccc2)C1. The van der Waals surface area contributed by atoms with E-state index in [1.807, 2.05) is 30.3 Å². The van der Waals surface area contributed by atoms with Crippen molar-refractivity contribution in [3.05, 3.63) is 30.3 Å². The van der Waals surface area contributed by atoms with Gasteiger partial charge in [0.05, 0.1) is 17.1 Å². The summed E-state index contributed by atoms with van der Waals surface area (Å²) < 4.78 is 37.4. The molecule has 1 heterocycles. The van der Waals surface area contributed by atoms with E-state index in [9.17, 15) is 12.6 Å². The number of piperidine rings is 1. The van der Waals surface area contributed by atoms with Gasteiger partial charge in [-0.3, -0.25) is 4.21 Å². The highest BCUT2D eigenvalue weighted by atomic mass is 32.2. The van der Waals surface area contributed by atoms with Crippen LogP contribution in [0.3, 0.4) is 0 Å². The van der Waals surface area contributed by atoms with Crippen LogP contribution in [0, 0.1) is 0 Å². The molecule has 1 aromatic carbocycles. The van der Waals surface area contributed by atoms with E-state index in [1.165, 1.54) is 6.26 Å². The lowest BCUT2D eigenvalue weighted by Crippen LogP contribution is -2.48. The maximum atomic E-state index is 12.2. The molecule has 21 heavy (non-hydrogen) atoms. The second-order valence-corrected chi connectivity index (χ2v) is 8.74. The van der Waals surface area contributed by atoms with Gasteiger partial charge < -0.3 is 4.90 Å². The Kier molecular flexibility index (Phi) is 5.92. The Morgan fingerprint density at radius 2 is 2.05 bits per heavy atom. The van der Waals surface area contributed by atoms with E-state index < -0.39 is 20.8 Å². The summed E-state index contributed by atoms with van der Waals surface area (Å²) in [6.45, 7) is 2.36. The molecule has 2 atom stereocenters. The van der Waals surface area contributed by atoms with Gasteiger partial charge in [0.2, 0.25) is 10.0 Å². The number of nitrogens with zero attached hydrogens (tertiary/aromatic N) is 1. The fourth-order valence-corrected chi connectivity index (χ4v) is 4.48. The lowest BCUT2D eigenvalue weighted by molar-refractivity contribution is 0.212. The van der Waals surface area contributed by atoms with Crippen molar-refractivity contribution >= 4 is 20.8 Å². The third kappa shape index (κ3) is 5.86. The number of hydrogen-bond acceptors (Lipinski definition) is 4. The molecule has 1 aromatic rings. The van der Waals surface area contributed by atoms with E-state index in [2.05, 4.69) is 9.62 Å². The second kappa shape index (κ2) is 7.49. The van der Waals surface area contributed by atoms with E-state index in [4.69, 9.17) is 0 Å². The first-order chi connectivity index (χ1) is 9.94. The van der Waals surface area contributed by atoms with Crippen LogP contribution in [0.25, 0.3) is 0 Å². The average molecular weight is 330 g/mol. The van der Waals surface area contributed by atoms with Gasteiger partial charge in [-0.1, -0.05) is 18.2 Å². The Morgan fingerprint density at radius 3 is 2.71 bits per heavy atom. The molecule has 0 spiro atoms. The van der Waals surface area contributed by atoms with Crippen LogP contribution in [0.5, 0.6) is 0 Å². The molecule has 0 aliphatic carbocycles. The maximum absolute atomic E-state index is 12.2. The lowest BCUT2D eigenvalue weighted by atomic mass is 10.1. The first kappa shape index (κ1) is 16.6. The number of sulfonamides is 1. The highest BCUT2D eigenvalue weighted by Gasteiger charge is 2.22. The minimum absolute atomic E-state index is 0.0288. The summed E-state index contributed by atoms with van der Waals surface area (Å²) in [5.41, 5.74) is 0. The number of rotatable bonds is 6. The summed E-state index contributed by atoms with van der Waals surface area (Å²) in [5, 5.41) is 0. The van der Waals surface area contributed by atoms with Gasteiger partial charge in [-0.2, -0.15) is 0 Å². The van der Waals surface area contributed by atoms with Crippen LogP contribution < -0.4 is 4.72 Å². The van der Waals surface area contributed by atoms with Crippen molar-refractivity contribution in [3.8, 4) is 0 Å². The van der Waals surface area contributed by atoms with Gasteiger partial charge in [-0.15, -0.1) is 0 Å². The molecule has 2 rings (SSSR count). The first-order valence-corrected chi connectivity index (χ1v) is 10.3. The molecule has 1 N–H and O–H groups in total. The standard InChI is InChI=1S/C14H22N2O3S2/c1-21(18,19)15-13-6-5-9-16(12-13)10-11-20(17)14-7-3-2-4-8-14/h2-4,7-8,13,15H,5-6,9-12H2,1H3/t13-,20+/m0/s1. The summed E-state index contributed by atoms with van der Waals surface area (Å²) >= 11 is 0. The number of likely N-dealkylation sites (tertiary alicyclic amines) is 1. The largest absolute Gasteiger partial charge is 0.301 e. The van der Waals surface area contributed by atoms with Crippen LogP contribution in [-0.4, -0.2) is 55.2 Å². The Bertz CT molecular complexity index is 575. The monoisotopic (exact) mass is 330 g/mol. The van der Waals surface area contributed by atoms with Crippen LogP contribution in [-0.2, 0) is 20.8 Å². The molecular weight excluding hydrogens is 308 g/mol. The molecule has 1 fully saturated rings. The van der Waals surface area contributed by atoms with Crippen LogP contribution >= 0.6 is 0 Å². The molecule has 0 bridgehead atoms. The highest BCUT2D eigenvalue weighted by Crippen LogP contribution is 2.12. The summed E-state index contributed by atoms with van der Waals surface area (Å²) in [6, 6.07) is 9.41. The molecule has 0 unspecified atom stereocenters. The topological polar surface area (TPSA) is 66.5 Å².